The number of hydrogen-bond acceptors (Lipinski definition) is 1. The van der Waals surface area contributed by atoms with E-state index in [1.54, 1.807) is 18.2 Å². The molecule has 0 heterocycles. The van der Waals surface area contributed by atoms with Gasteiger partial charge in [0, 0.05) is 24.6 Å². The summed E-state index contributed by atoms with van der Waals surface area (Å²) in [5.74, 6) is -2.73. The number of halogens is 2. The van der Waals surface area contributed by atoms with Gasteiger partial charge in [0.1, 0.15) is 0 Å². The molecule has 1 rings (SSSR count). The maximum Gasteiger partial charge on any atom is 0.274 e. The van der Waals surface area contributed by atoms with Gasteiger partial charge < -0.3 is 5.32 Å². The topological polar surface area (TPSA) is 12.0 Å². The van der Waals surface area contributed by atoms with Gasteiger partial charge in [0.05, 0.1) is 0 Å². The average molecular weight is 213 g/mol. The molecule has 0 saturated heterocycles. The Morgan fingerprint density at radius 1 is 1.20 bits per heavy atom. The van der Waals surface area contributed by atoms with Crippen LogP contribution < -0.4 is 5.32 Å². The molecule has 0 unspecified atom stereocenters. The van der Waals surface area contributed by atoms with E-state index in [-0.39, 0.29) is 18.0 Å². The summed E-state index contributed by atoms with van der Waals surface area (Å²) >= 11 is 0. The first kappa shape index (κ1) is 12.1. The quantitative estimate of drug-likeness (QED) is 0.792. The van der Waals surface area contributed by atoms with Crippen LogP contribution in [0.3, 0.4) is 0 Å². The number of nitrogens with one attached hydrogen (secondary N) is 1. The van der Waals surface area contributed by atoms with Crippen LogP contribution in [0.4, 0.5) is 8.78 Å². The Morgan fingerprint density at radius 3 is 2.33 bits per heavy atom. The summed E-state index contributed by atoms with van der Waals surface area (Å²) in [6, 6.07) is 8.20. The number of alkyl halides is 2. The van der Waals surface area contributed by atoms with Crippen molar-refractivity contribution >= 4 is 0 Å². The molecule has 0 amide bonds. The van der Waals surface area contributed by atoms with Crippen molar-refractivity contribution in [2.75, 3.05) is 6.54 Å². The molecular weight excluding hydrogens is 196 g/mol. The Labute approximate surface area is 89.5 Å². The third-order valence-corrected chi connectivity index (χ3v) is 2.19. The predicted molar refractivity (Wildman–Crippen MR) is 58.1 cm³/mol. The standard InChI is InChI=1S/C12H17F2N/c1-10(2)15-9-8-12(13,14)11-6-4-3-5-7-11/h3-7,10,15H,8-9H2,1-2H3. The molecule has 3 heteroatoms. The molecular formula is C12H17F2N. The van der Waals surface area contributed by atoms with Crippen LogP contribution in [-0.4, -0.2) is 12.6 Å². The monoisotopic (exact) mass is 213 g/mol. The normalized spacial score (nSPS) is 12.1. The molecule has 0 atom stereocenters. The molecule has 1 N–H and O–H groups in total. The van der Waals surface area contributed by atoms with Crippen LogP contribution >= 0.6 is 0 Å². The van der Waals surface area contributed by atoms with E-state index in [1.807, 2.05) is 13.8 Å². The lowest BCUT2D eigenvalue weighted by atomic mass is 10.1. The Hall–Kier alpha value is -0.960. The summed E-state index contributed by atoms with van der Waals surface area (Å²) in [5.41, 5.74) is 0.0931. The Bertz CT molecular complexity index is 283. The number of benzene rings is 1. The van der Waals surface area contributed by atoms with Crippen molar-refractivity contribution in [2.24, 2.45) is 0 Å². The molecule has 84 valence electrons. The fourth-order valence-corrected chi connectivity index (χ4v) is 1.34. The molecule has 15 heavy (non-hydrogen) atoms. The van der Waals surface area contributed by atoms with Gasteiger partial charge in [-0.15, -0.1) is 0 Å². The van der Waals surface area contributed by atoms with Gasteiger partial charge in [-0.05, 0) is 0 Å². The zero-order chi connectivity index (χ0) is 11.3. The van der Waals surface area contributed by atoms with Gasteiger partial charge in [0.15, 0.2) is 0 Å². The first-order valence-corrected chi connectivity index (χ1v) is 5.19. The molecule has 0 bridgehead atoms. The van der Waals surface area contributed by atoms with Crippen molar-refractivity contribution < 1.29 is 8.78 Å². The van der Waals surface area contributed by atoms with Gasteiger partial charge in [0.2, 0.25) is 0 Å². The molecule has 1 aromatic carbocycles. The highest BCUT2D eigenvalue weighted by atomic mass is 19.3. The van der Waals surface area contributed by atoms with E-state index >= 15 is 0 Å². The van der Waals surface area contributed by atoms with Crippen LogP contribution in [0.25, 0.3) is 0 Å². The molecule has 1 aromatic rings. The van der Waals surface area contributed by atoms with E-state index in [9.17, 15) is 8.78 Å². The average Bonchev–Trinajstić information content (AvgIpc) is 2.18. The summed E-state index contributed by atoms with van der Waals surface area (Å²) < 4.78 is 27.1. The van der Waals surface area contributed by atoms with Crippen LogP contribution in [0.2, 0.25) is 0 Å². The Balaban J connectivity index is 2.52. The second-order valence-electron chi connectivity index (χ2n) is 3.93. The van der Waals surface area contributed by atoms with E-state index in [0.717, 1.165) is 0 Å². The lowest BCUT2D eigenvalue weighted by molar-refractivity contribution is -0.0131. The predicted octanol–water partition coefficient (Wildman–Crippen LogP) is 3.17. The van der Waals surface area contributed by atoms with Gasteiger partial charge in [-0.1, -0.05) is 44.2 Å². The summed E-state index contributed by atoms with van der Waals surface area (Å²) in [6.07, 6.45) is -0.158. The SMILES string of the molecule is CC(C)NCCC(F)(F)c1ccccc1. The molecule has 0 spiro atoms. The maximum atomic E-state index is 13.6. The van der Waals surface area contributed by atoms with Crippen LogP contribution in [0.1, 0.15) is 25.8 Å². The van der Waals surface area contributed by atoms with E-state index < -0.39 is 5.92 Å². The fourth-order valence-electron chi connectivity index (χ4n) is 1.34. The van der Waals surface area contributed by atoms with Gasteiger partial charge in [-0.2, -0.15) is 0 Å². The summed E-state index contributed by atoms with van der Waals surface area (Å²) in [7, 11) is 0. The third kappa shape index (κ3) is 3.96. The molecule has 0 fully saturated rings. The fraction of sp³-hybridized carbons (Fsp3) is 0.500. The van der Waals surface area contributed by atoms with E-state index in [4.69, 9.17) is 0 Å². The minimum atomic E-state index is -2.73. The Morgan fingerprint density at radius 2 is 1.80 bits per heavy atom. The van der Waals surface area contributed by atoms with E-state index in [0.29, 0.717) is 6.54 Å². The summed E-state index contributed by atoms with van der Waals surface area (Å²) in [4.78, 5) is 0. The molecule has 0 aliphatic carbocycles. The van der Waals surface area contributed by atoms with Crippen molar-refractivity contribution in [3.8, 4) is 0 Å². The van der Waals surface area contributed by atoms with Crippen molar-refractivity contribution in [3.05, 3.63) is 35.9 Å². The van der Waals surface area contributed by atoms with Crippen LogP contribution in [0, 0.1) is 0 Å². The van der Waals surface area contributed by atoms with Crippen LogP contribution in [-0.2, 0) is 5.92 Å². The highest BCUT2D eigenvalue weighted by Gasteiger charge is 2.30. The van der Waals surface area contributed by atoms with Crippen molar-refractivity contribution in [1.29, 1.82) is 0 Å². The minimum Gasteiger partial charge on any atom is -0.314 e. The smallest absolute Gasteiger partial charge is 0.274 e. The molecule has 0 radical (unpaired) electrons. The highest BCUT2D eigenvalue weighted by molar-refractivity contribution is 5.19. The van der Waals surface area contributed by atoms with Gasteiger partial charge in [-0.25, -0.2) is 8.78 Å². The molecule has 0 aromatic heterocycles. The Kier molecular flexibility index (Phi) is 4.21. The largest absolute Gasteiger partial charge is 0.314 e. The number of hydrogen-bond donors (Lipinski definition) is 1. The van der Waals surface area contributed by atoms with Crippen LogP contribution in [0.5, 0.6) is 0 Å². The van der Waals surface area contributed by atoms with E-state index in [1.165, 1.54) is 12.1 Å². The van der Waals surface area contributed by atoms with Crippen molar-refractivity contribution in [2.45, 2.75) is 32.2 Å². The molecule has 0 aliphatic heterocycles. The second kappa shape index (κ2) is 5.21. The first-order chi connectivity index (χ1) is 7.02. The summed E-state index contributed by atoms with van der Waals surface area (Å²) in [6.45, 7) is 4.22. The first-order valence-electron chi connectivity index (χ1n) is 5.19. The van der Waals surface area contributed by atoms with Gasteiger partial charge in [0.25, 0.3) is 5.92 Å². The third-order valence-electron chi connectivity index (χ3n) is 2.19. The van der Waals surface area contributed by atoms with Gasteiger partial charge >= 0.3 is 0 Å². The maximum absolute atomic E-state index is 13.6. The van der Waals surface area contributed by atoms with Crippen LogP contribution in [0.15, 0.2) is 30.3 Å². The second-order valence-corrected chi connectivity index (χ2v) is 3.93. The van der Waals surface area contributed by atoms with E-state index in [2.05, 4.69) is 5.32 Å². The lowest BCUT2D eigenvalue weighted by Gasteiger charge is -2.17. The molecule has 0 aliphatic rings. The van der Waals surface area contributed by atoms with Crippen molar-refractivity contribution in [3.63, 3.8) is 0 Å². The molecule has 1 nitrogen and oxygen atoms in total. The van der Waals surface area contributed by atoms with Crippen molar-refractivity contribution in [1.82, 2.24) is 5.32 Å². The number of rotatable bonds is 5. The zero-order valence-electron chi connectivity index (χ0n) is 9.13. The van der Waals surface area contributed by atoms with Gasteiger partial charge in [-0.3, -0.25) is 0 Å². The molecule has 0 saturated carbocycles. The minimum absolute atomic E-state index is 0.0931. The summed E-state index contributed by atoms with van der Waals surface area (Å²) in [5, 5.41) is 2.99. The zero-order valence-corrected chi connectivity index (χ0v) is 9.13. The highest BCUT2D eigenvalue weighted by Crippen LogP contribution is 2.30. The lowest BCUT2D eigenvalue weighted by Crippen LogP contribution is -2.28.